The average molecular weight is 563 g/mol. The van der Waals surface area contributed by atoms with Gasteiger partial charge in [0, 0.05) is 34.1 Å². The maximum absolute atomic E-state index is 13.0. The topological polar surface area (TPSA) is 88.5 Å². The van der Waals surface area contributed by atoms with Gasteiger partial charge in [-0.25, -0.2) is 4.98 Å². The summed E-state index contributed by atoms with van der Waals surface area (Å²) in [4.78, 5) is 11.2. The fraction of sp³-hybridized carbons (Fsp3) is 0.571. The van der Waals surface area contributed by atoms with Gasteiger partial charge in [0.2, 0.25) is 5.95 Å². The summed E-state index contributed by atoms with van der Waals surface area (Å²) in [7, 11) is 0. The van der Waals surface area contributed by atoms with E-state index < -0.39 is 24.6 Å². The van der Waals surface area contributed by atoms with Crippen LogP contribution in [0.15, 0.2) is 34.7 Å². The van der Waals surface area contributed by atoms with Crippen LogP contribution in [0.4, 0.5) is 24.9 Å². The Labute approximate surface area is 230 Å². The number of aliphatic hydroxyl groups is 1. The molecule has 1 saturated heterocycles. The second-order valence-corrected chi connectivity index (χ2v) is 12.5. The van der Waals surface area contributed by atoms with E-state index in [0.29, 0.717) is 30.4 Å². The van der Waals surface area contributed by atoms with Crippen LogP contribution in [0.5, 0.6) is 0 Å². The van der Waals surface area contributed by atoms with Crippen LogP contribution in [-0.2, 0) is 9.47 Å². The SMILES string of the molecule is Cc1nc(NCC(F)(F)F)nc(NCC2C[C@H](C(C)O)[C@H]3OC(C)(C)O[C@@H]23)c1C1=C2CC2c2ccccc2S1. The molecule has 6 atom stereocenters. The third-order valence-electron chi connectivity index (χ3n) is 8.02. The Morgan fingerprint density at radius 1 is 1.15 bits per heavy atom. The van der Waals surface area contributed by atoms with Gasteiger partial charge in [-0.1, -0.05) is 30.0 Å². The van der Waals surface area contributed by atoms with Gasteiger partial charge in [-0.15, -0.1) is 0 Å². The van der Waals surface area contributed by atoms with Gasteiger partial charge in [0.15, 0.2) is 5.79 Å². The lowest BCUT2D eigenvalue weighted by Crippen LogP contribution is -2.31. The summed E-state index contributed by atoms with van der Waals surface area (Å²) in [6, 6.07) is 8.33. The number of benzene rings is 1. The minimum absolute atomic E-state index is 0.0251. The predicted molar refractivity (Wildman–Crippen MR) is 143 cm³/mol. The Morgan fingerprint density at radius 2 is 1.90 bits per heavy atom. The number of halogens is 3. The Bertz CT molecular complexity index is 1320. The van der Waals surface area contributed by atoms with Crippen LogP contribution < -0.4 is 10.6 Å². The average Bonchev–Trinajstić information content (AvgIpc) is 3.51. The maximum atomic E-state index is 13.0. The van der Waals surface area contributed by atoms with Gasteiger partial charge in [-0.05, 0) is 57.7 Å². The summed E-state index contributed by atoms with van der Waals surface area (Å²) >= 11 is 1.67. The number of aryl methyl sites for hydroxylation is 1. The molecule has 0 bridgehead atoms. The monoisotopic (exact) mass is 562 g/mol. The Kier molecular flexibility index (Phi) is 6.64. The highest BCUT2D eigenvalue weighted by atomic mass is 32.2. The van der Waals surface area contributed by atoms with E-state index in [-0.39, 0.29) is 30.0 Å². The third-order valence-corrected chi connectivity index (χ3v) is 9.29. The summed E-state index contributed by atoms with van der Waals surface area (Å²) in [5.74, 6) is 0.0113. The molecule has 210 valence electrons. The number of aromatic nitrogens is 2. The van der Waals surface area contributed by atoms with Crippen LogP contribution in [0.3, 0.4) is 0 Å². The number of alkyl halides is 3. The molecule has 3 unspecified atom stereocenters. The number of nitrogens with zero attached hydrogens (tertiary/aromatic N) is 2. The van der Waals surface area contributed by atoms with E-state index in [1.807, 2.05) is 32.9 Å². The Balaban J connectivity index is 1.31. The third kappa shape index (κ3) is 5.26. The number of nitrogens with one attached hydrogen (secondary N) is 2. The summed E-state index contributed by atoms with van der Waals surface area (Å²) in [6.45, 7) is 6.59. The van der Waals surface area contributed by atoms with E-state index in [1.54, 1.807) is 18.7 Å². The highest BCUT2D eigenvalue weighted by molar-refractivity contribution is 8.08. The van der Waals surface area contributed by atoms with Gasteiger partial charge < -0.3 is 25.2 Å². The van der Waals surface area contributed by atoms with Crippen LogP contribution in [-0.4, -0.2) is 58.4 Å². The fourth-order valence-corrected chi connectivity index (χ4v) is 7.62. The molecule has 3 fully saturated rings. The highest BCUT2D eigenvalue weighted by Gasteiger charge is 2.54. The molecule has 0 radical (unpaired) electrons. The predicted octanol–water partition coefficient (Wildman–Crippen LogP) is 5.71. The number of rotatable bonds is 7. The molecule has 2 aliphatic heterocycles. The highest BCUT2D eigenvalue weighted by Crippen LogP contribution is 2.62. The molecule has 6 rings (SSSR count). The standard InChI is InChI=1S/C28H33F3N4O3S/c1-13-21(24-19-10-18(19)16-7-5-6-8-20(16)39-24)25(35-26(34-13)33-12-28(29,30)31)32-11-15-9-17(14(2)36)23-22(15)37-27(3,4)38-23/h5-8,14-15,17-18,22-23,36H,9-12H2,1-4H3,(H2,32,33,34,35)/t14?,15?,17-,18?,22+,23-/m1/s1. The van der Waals surface area contributed by atoms with Gasteiger partial charge in [0.1, 0.15) is 12.4 Å². The lowest BCUT2D eigenvalue weighted by Gasteiger charge is -2.25. The van der Waals surface area contributed by atoms with Crippen molar-refractivity contribution in [2.24, 2.45) is 11.8 Å². The van der Waals surface area contributed by atoms with E-state index in [0.717, 1.165) is 16.9 Å². The van der Waals surface area contributed by atoms with Crippen LogP contribution in [0.1, 0.15) is 56.4 Å². The zero-order chi connectivity index (χ0) is 27.7. The van der Waals surface area contributed by atoms with Gasteiger partial charge in [0.05, 0.1) is 29.6 Å². The summed E-state index contributed by atoms with van der Waals surface area (Å²) < 4.78 is 51.3. The van der Waals surface area contributed by atoms with Gasteiger partial charge >= 0.3 is 6.18 Å². The van der Waals surface area contributed by atoms with E-state index >= 15 is 0 Å². The first-order valence-electron chi connectivity index (χ1n) is 13.4. The van der Waals surface area contributed by atoms with Crippen molar-refractivity contribution in [2.75, 3.05) is 23.7 Å². The first-order valence-corrected chi connectivity index (χ1v) is 14.2. The van der Waals surface area contributed by atoms with E-state index in [2.05, 4.69) is 32.7 Å². The molecule has 11 heteroatoms. The van der Waals surface area contributed by atoms with E-state index in [9.17, 15) is 18.3 Å². The van der Waals surface area contributed by atoms with E-state index in [4.69, 9.17) is 9.47 Å². The van der Waals surface area contributed by atoms with Crippen molar-refractivity contribution in [1.29, 1.82) is 0 Å². The van der Waals surface area contributed by atoms with Crippen LogP contribution in [0.25, 0.3) is 4.91 Å². The lowest BCUT2D eigenvalue weighted by molar-refractivity contribution is -0.164. The van der Waals surface area contributed by atoms with Crippen molar-refractivity contribution in [1.82, 2.24) is 9.97 Å². The molecule has 2 aliphatic carbocycles. The molecule has 4 aliphatic rings. The van der Waals surface area contributed by atoms with Crippen LogP contribution in [0.2, 0.25) is 0 Å². The number of fused-ring (bicyclic) bond motifs is 4. The van der Waals surface area contributed by atoms with Crippen molar-refractivity contribution < 1.29 is 27.8 Å². The minimum Gasteiger partial charge on any atom is -0.393 e. The number of allylic oxidation sites excluding steroid dienone is 1. The molecule has 2 saturated carbocycles. The molecule has 3 heterocycles. The van der Waals surface area contributed by atoms with Gasteiger partial charge in [-0.3, -0.25) is 0 Å². The number of ether oxygens (including phenoxy) is 2. The second kappa shape index (κ2) is 9.64. The molecule has 39 heavy (non-hydrogen) atoms. The van der Waals surface area contributed by atoms with Crippen molar-refractivity contribution in [3.63, 3.8) is 0 Å². The first-order chi connectivity index (χ1) is 18.4. The molecule has 1 aromatic heterocycles. The first kappa shape index (κ1) is 26.9. The molecular formula is C28H33F3N4O3S. The zero-order valence-electron chi connectivity index (χ0n) is 22.3. The maximum Gasteiger partial charge on any atom is 0.405 e. The molecule has 3 N–H and O–H groups in total. The summed E-state index contributed by atoms with van der Waals surface area (Å²) in [6.07, 6.45) is -3.70. The van der Waals surface area contributed by atoms with Crippen molar-refractivity contribution in [2.45, 2.75) is 81.6 Å². The molecule has 0 amide bonds. The molecule has 7 nitrogen and oxygen atoms in total. The van der Waals surface area contributed by atoms with Gasteiger partial charge in [0.25, 0.3) is 0 Å². The molecule has 2 aromatic rings. The lowest BCUT2D eigenvalue weighted by atomic mass is 9.98. The molecule has 1 aromatic carbocycles. The molecular weight excluding hydrogens is 529 g/mol. The largest absolute Gasteiger partial charge is 0.405 e. The van der Waals surface area contributed by atoms with Crippen molar-refractivity contribution in [3.8, 4) is 0 Å². The van der Waals surface area contributed by atoms with Gasteiger partial charge in [-0.2, -0.15) is 18.2 Å². The minimum atomic E-state index is -4.39. The van der Waals surface area contributed by atoms with E-state index in [1.165, 1.54) is 16.0 Å². The Morgan fingerprint density at radius 3 is 2.64 bits per heavy atom. The number of thioether (sulfide) groups is 1. The number of hydrogen-bond donors (Lipinski definition) is 3. The summed E-state index contributed by atoms with van der Waals surface area (Å²) in [5, 5.41) is 16.2. The van der Waals surface area contributed by atoms with Crippen molar-refractivity contribution >= 4 is 28.4 Å². The van der Waals surface area contributed by atoms with Crippen molar-refractivity contribution in [3.05, 3.63) is 46.7 Å². The number of anilines is 2. The molecule has 0 spiro atoms. The number of aliphatic hydroxyl groups excluding tert-OH is 1. The second-order valence-electron chi connectivity index (χ2n) is 11.4. The number of hydrogen-bond acceptors (Lipinski definition) is 8. The van der Waals surface area contributed by atoms with Crippen LogP contribution in [0, 0.1) is 18.8 Å². The van der Waals surface area contributed by atoms with Crippen LogP contribution >= 0.6 is 11.8 Å². The summed E-state index contributed by atoms with van der Waals surface area (Å²) in [5.41, 5.74) is 4.08. The Hall–Kier alpha value is -2.34. The zero-order valence-corrected chi connectivity index (χ0v) is 23.1. The quantitative estimate of drug-likeness (QED) is 0.396. The fourth-order valence-electron chi connectivity index (χ4n) is 6.22. The smallest absolute Gasteiger partial charge is 0.393 e. The normalized spacial score (nSPS) is 29.5.